The number of fused-ring (bicyclic) bond motifs is 1. The van der Waals surface area contributed by atoms with Gasteiger partial charge in [-0.25, -0.2) is 4.98 Å². The van der Waals surface area contributed by atoms with Crippen LogP contribution in [0.5, 0.6) is 0 Å². The molecular formula is C13H12FN5O. The van der Waals surface area contributed by atoms with Gasteiger partial charge in [-0.15, -0.1) is 6.42 Å². The summed E-state index contributed by atoms with van der Waals surface area (Å²) in [6.45, 7) is 1.93. The number of aromatic nitrogens is 4. The van der Waals surface area contributed by atoms with E-state index < -0.39 is 17.9 Å². The van der Waals surface area contributed by atoms with Crippen LogP contribution in [-0.2, 0) is 4.74 Å². The normalized spacial score (nSPS) is 25.1. The summed E-state index contributed by atoms with van der Waals surface area (Å²) in [5.41, 5.74) is 5.47. The molecule has 1 aliphatic heterocycles. The molecule has 0 aromatic carbocycles. The largest absolute Gasteiger partial charge is 0.382 e. The van der Waals surface area contributed by atoms with Crippen LogP contribution >= 0.6 is 0 Å². The molecule has 6 nitrogen and oxygen atoms in total. The Morgan fingerprint density at radius 2 is 2.40 bits per heavy atom. The van der Waals surface area contributed by atoms with Gasteiger partial charge in [-0.3, -0.25) is 4.57 Å². The number of anilines is 1. The maximum Gasteiger partial charge on any atom is 0.312 e. The molecule has 3 rings (SSSR count). The van der Waals surface area contributed by atoms with Gasteiger partial charge < -0.3 is 10.5 Å². The van der Waals surface area contributed by atoms with Crippen LogP contribution in [-0.4, -0.2) is 25.1 Å². The fraction of sp³-hybridized carbons (Fsp3) is 0.308. The summed E-state index contributed by atoms with van der Waals surface area (Å²) in [5.74, 6) is 2.61. The van der Waals surface area contributed by atoms with Crippen molar-refractivity contribution in [3.63, 3.8) is 0 Å². The van der Waals surface area contributed by atoms with Crippen LogP contribution in [0.2, 0.25) is 0 Å². The first kappa shape index (κ1) is 12.6. The predicted molar refractivity (Wildman–Crippen MR) is 70.8 cm³/mol. The fourth-order valence-corrected chi connectivity index (χ4v) is 2.16. The fourth-order valence-electron chi connectivity index (χ4n) is 2.16. The lowest BCUT2D eigenvalue weighted by molar-refractivity contribution is -0.0215. The Balaban J connectivity index is 2.06. The SMILES string of the molecule is C#C[C@@]1(CC)C=C[C@H](n2cnc3c(N)nc(F)nc32)O1. The second-order valence-corrected chi connectivity index (χ2v) is 4.46. The maximum atomic E-state index is 13.3. The maximum absolute atomic E-state index is 13.3. The van der Waals surface area contributed by atoms with E-state index in [9.17, 15) is 4.39 Å². The molecule has 0 spiro atoms. The molecule has 0 aliphatic carbocycles. The van der Waals surface area contributed by atoms with Crippen LogP contribution in [0.25, 0.3) is 11.2 Å². The second-order valence-electron chi connectivity index (χ2n) is 4.46. The summed E-state index contributed by atoms with van der Waals surface area (Å²) >= 11 is 0. The van der Waals surface area contributed by atoms with Crippen molar-refractivity contribution in [2.75, 3.05) is 5.73 Å². The van der Waals surface area contributed by atoms with Crippen molar-refractivity contribution in [2.45, 2.75) is 25.2 Å². The molecule has 7 heteroatoms. The molecule has 2 atom stereocenters. The van der Waals surface area contributed by atoms with Crippen molar-refractivity contribution >= 4 is 17.0 Å². The van der Waals surface area contributed by atoms with E-state index in [1.807, 2.05) is 13.0 Å². The molecule has 0 saturated heterocycles. The Bertz CT molecular complexity index is 747. The smallest absolute Gasteiger partial charge is 0.312 e. The molecule has 102 valence electrons. The Morgan fingerprint density at radius 1 is 1.60 bits per heavy atom. The highest BCUT2D eigenvalue weighted by Gasteiger charge is 2.33. The monoisotopic (exact) mass is 273 g/mol. The molecular weight excluding hydrogens is 261 g/mol. The van der Waals surface area contributed by atoms with Gasteiger partial charge in [0.2, 0.25) is 0 Å². The van der Waals surface area contributed by atoms with E-state index in [1.54, 1.807) is 10.6 Å². The molecule has 0 radical (unpaired) electrons. The minimum atomic E-state index is -0.905. The summed E-state index contributed by atoms with van der Waals surface area (Å²) in [6.07, 6.45) is 9.81. The Labute approximate surface area is 114 Å². The van der Waals surface area contributed by atoms with E-state index in [1.165, 1.54) is 6.33 Å². The molecule has 0 saturated carbocycles. The number of hydrogen-bond acceptors (Lipinski definition) is 5. The third-order valence-electron chi connectivity index (χ3n) is 3.33. The number of hydrogen-bond donors (Lipinski definition) is 1. The first-order valence-corrected chi connectivity index (χ1v) is 6.09. The van der Waals surface area contributed by atoms with Crippen LogP contribution in [0.1, 0.15) is 19.6 Å². The molecule has 2 aromatic rings. The minimum Gasteiger partial charge on any atom is -0.382 e. The summed E-state index contributed by atoms with van der Waals surface area (Å²) in [4.78, 5) is 11.2. The molecule has 2 N–H and O–H groups in total. The molecule has 2 aromatic heterocycles. The first-order chi connectivity index (χ1) is 9.58. The predicted octanol–water partition coefficient (Wildman–Crippen LogP) is 1.41. The number of nitrogen functional groups attached to an aromatic ring is 1. The topological polar surface area (TPSA) is 78.9 Å². The van der Waals surface area contributed by atoms with Gasteiger partial charge in [-0.05, 0) is 18.6 Å². The Morgan fingerprint density at radius 3 is 3.05 bits per heavy atom. The summed E-state index contributed by atoms with van der Waals surface area (Å²) in [6, 6.07) is 0. The standard InChI is InChI=1S/C13H12FN5O/c1-3-13(4-2)6-5-8(20-13)19-7-16-9-10(15)17-12(14)18-11(9)19/h1,5-8H,4H2,2H3,(H2,15,17,18)/t8-,13-/m1/s1. The van der Waals surface area contributed by atoms with E-state index in [2.05, 4.69) is 20.9 Å². The lowest BCUT2D eigenvalue weighted by atomic mass is 10.0. The summed E-state index contributed by atoms with van der Waals surface area (Å²) in [5, 5.41) is 0. The van der Waals surface area contributed by atoms with Gasteiger partial charge >= 0.3 is 6.08 Å². The van der Waals surface area contributed by atoms with E-state index in [4.69, 9.17) is 16.9 Å². The number of nitrogens with zero attached hydrogens (tertiary/aromatic N) is 4. The van der Waals surface area contributed by atoms with Gasteiger partial charge in [0.05, 0.1) is 6.33 Å². The first-order valence-electron chi connectivity index (χ1n) is 6.09. The van der Waals surface area contributed by atoms with Crippen molar-refractivity contribution in [1.29, 1.82) is 0 Å². The molecule has 3 heterocycles. The number of imidazole rings is 1. The van der Waals surface area contributed by atoms with Crippen LogP contribution in [0, 0.1) is 18.4 Å². The molecule has 0 fully saturated rings. The Kier molecular flexibility index (Phi) is 2.69. The lowest BCUT2D eigenvalue weighted by Gasteiger charge is -2.22. The van der Waals surface area contributed by atoms with Gasteiger partial charge in [0.15, 0.2) is 23.2 Å². The average Bonchev–Trinajstić information content (AvgIpc) is 3.02. The quantitative estimate of drug-likeness (QED) is 0.508. The number of rotatable bonds is 2. The third kappa shape index (κ3) is 1.73. The van der Waals surface area contributed by atoms with Crippen molar-refractivity contribution in [3.8, 4) is 12.3 Å². The number of terminal acetylenes is 1. The van der Waals surface area contributed by atoms with Gasteiger partial charge in [0.25, 0.3) is 0 Å². The number of halogens is 1. The average molecular weight is 273 g/mol. The van der Waals surface area contributed by atoms with Crippen molar-refractivity contribution in [2.24, 2.45) is 0 Å². The second kappa shape index (κ2) is 4.28. The van der Waals surface area contributed by atoms with Crippen molar-refractivity contribution < 1.29 is 9.13 Å². The van der Waals surface area contributed by atoms with Gasteiger partial charge in [-0.2, -0.15) is 14.4 Å². The van der Waals surface area contributed by atoms with Crippen LogP contribution in [0.4, 0.5) is 10.2 Å². The zero-order valence-electron chi connectivity index (χ0n) is 10.7. The van der Waals surface area contributed by atoms with Crippen molar-refractivity contribution in [1.82, 2.24) is 19.5 Å². The minimum absolute atomic E-state index is 0.00747. The van der Waals surface area contributed by atoms with Crippen LogP contribution < -0.4 is 5.73 Å². The van der Waals surface area contributed by atoms with Gasteiger partial charge in [-0.1, -0.05) is 12.8 Å². The Hall–Kier alpha value is -2.46. The van der Waals surface area contributed by atoms with E-state index >= 15 is 0 Å². The van der Waals surface area contributed by atoms with Gasteiger partial charge in [0, 0.05) is 0 Å². The van der Waals surface area contributed by atoms with E-state index in [-0.39, 0.29) is 11.5 Å². The highest BCUT2D eigenvalue weighted by molar-refractivity contribution is 5.81. The summed E-state index contributed by atoms with van der Waals surface area (Å²) in [7, 11) is 0. The number of ether oxygens (including phenoxy) is 1. The molecule has 0 bridgehead atoms. The summed E-state index contributed by atoms with van der Waals surface area (Å²) < 4.78 is 20.7. The third-order valence-corrected chi connectivity index (χ3v) is 3.33. The highest BCUT2D eigenvalue weighted by Crippen LogP contribution is 2.33. The van der Waals surface area contributed by atoms with E-state index in [0.717, 1.165) is 0 Å². The highest BCUT2D eigenvalue weighted by atomic mass is 19.1. The van der Waals surface area contributed by atoms with Crippen LogP contribution in [0.3, 0.4) is 0 Å². The molecule has 0 amide bonds. The zero-order valence-corrected chi connectivity index (χ0v) is 10.7. The van der Waals surface area contributed by atoms with Gasteiger partial charge in [0.1, 0.15) is 5.60 Å². The van der Waals surface area contributed by atoms with Crippen molar-refractivity contribution in [3.05, 3.63) is 24.6 Å². The van der Waals surface area contributed by atoms with E-state index in [0.29, 0.717) is 11.9 Å². The molecule has 20 heavy (non-hydrogen) atoms. The van der Waals surface area contributed by atoms with Crippen LogP contribution in [0.15, 0.2) is 18.5 Å². The number of nitrogens with two attached hydrogens (primary N) is 1. The molecule has 1 aliphatic rings. The molecule has 0 unspecified atom stereocenters. The lowest BCUT2D eigenvalue weighted by Crippen LogP contribution is -2.25. The zero-order chi connectivity index (χ0) is 14.3.